The van der Waals surface area contributed by atoms with Crippen molar-refractivity contribution in [2.45, 2.75) is 6.92 Å². The second kappa shape index (κ2) is 5.70. The number of carbonyl (C=O) groups excluding carboxylic acids is 1. The number of amides is 2. The summed E-state index contributed by atoms with van der Waals surface area (Å²) in [7, 11) is 0. The highest BCUT2D eigenvalue weighted by molar-refractivity contribution is 7.18. The number of carboxylic acid groups (broad SMARTS) is 1. The largest absolute Gasteiger partial charge is 0.477 e. The Morgan fingerprint density at radius 1 is 1.25 bits per heavy atom. The molecule has 2 aromatic rings. The van der Waals surface area contributed by atoms with E-state index in [0.717, 1.165) is 11.3 Å². The van der Waals surface area contributed by atoms with Crippen LogP contribution in [0.25, 0.3) is 0 Å². The van der Waals surface area contributed by atoms with Crippen LogP contribution < -0.4 is 10.6 Å². The molecule has 0 atom stereocenters. The number of halogens is 1. The van der Waals surface area contributed by atoms with E-state index in [9.17, 15) is 14.0 Å². The van der Waals surface area contributed by atoms with E-state index >= 15 is 0 Å². The number of thiophene rings is 1. The van der Waals surface area contributed by atoms with Gasteiger partial charge in [0.2, 0.25) is 0 Å². The van der Waals surface area contributed by atoms with Crippen LogP contribution in [0.4, 0.5) is 19.9 Å². The molecule has 0 bridgehead atoms. The van der Waals surface area contributed by atoms with Crippen molar-refractivity contribution in [2.24, 2.45) is 0 Å². The molecule has 7 heteroatoms. The summed E-state index contributed by atoms with van der Waals surface area (Å²) in [5.74, 6) is -1.59. The summed E-state index contributed by atoms with van der Waals surface area (Å²) >= 11 is 0.945. The zero-order chi connectivity index (χ0) is 14.7. The molecule has 20 heavy (non-hydrogen) atoms. The first-order chi connectivity index (χ1) is 9.47. The van der Waals surface area contributed by atoms with Gasteiger partial charge in [0, 0.05) is 0 Å². The third-order valence-electron chi connectivity index (χ3n) is 2.47. The van der Waals surface area contributed by atoms with Crippen molar-refractivity contribution < 1.29 is 19.1 Å². The molecule has 0 spiro atoms. The molecule has 1 aromatic carbocycles. The number of carboxylic acids is 1. The molecule has 0 saturated carbocycles. The van der Waals surface area contributed by atoms with Gasteiger partial charge in [-0.2, -0.15) is 0 Å². The molecule has 0 aliphatic rings. The van der Waals surface area contributed by atoms with E-state index in [4.69, 9.17) is 5.11 Å². The van der Waals surface area contributed by atoms with Crippen LogP contribution in [0.2, 0.25) is 0 Å². The van der Waals surface area contributed by atoms with E-state index in [1.54, 1.807) is 19.1 Å². The Morgan fingerprint density at radius 3 is 2.55 bits per heavy atom. The van der Waals surface area contributed by atoms with E-state index in [0.29, 0.717) is 10.6 Å². The number of para-hydroxylation sites is 1. The van der Waals surface area contributed by atoms with Crippen LogP contribution in [0.15, 0.2) is 30.3 Å². The number of nitrogens with one attached hydrogen (secondary N) is 2. The van der Waals surface area contributed by atoms with Crippen molar-refractivity contribution in [2.75, 3.05) is 10.6 Å². The minimum atomic E-state index is -1.05. The summed E-state index contributed by atoms with van der Waals surface area (Å²) in [6, 6.07) is 6.68. The van der Waals surface area contributed by atoms with Gasteiger partial charge in [-0.1, -0.05) is 12.1 Å². The van der Waals surface area contributed by atoms with Crippen molar-refractivity contribution >= 4 is 34.0 Å². The highest BCUT2D eigenvalue weighted by atomic mass is 32.1. The van der Waals surface area contributed by atoms with Crippen molar-refractivity contribution in [1.82, 2.24) is 0 Å². The fraction of sp³-hybridized carbons (Fsp3) is 0.0769. The van der Waals surface area contributed by atoms with Gasteiger partial charge in [0.25, 0.3) is 0 Å². The molecule has 1 heterocycles. The predicted molar refractivity (Wildman–Crippen MR) is 75.1 cm³/mol. The van der Waals surface area contributed by atoms with E-state index < -0.39 is 17.8 Å². The Hall–Kier alpha value is -2.41. The van der Waals surface area contributed by atoms with Crippen LogP contribution in [0.5, 0.6) is 0 Å². The van der Waals surface area contributed by atoms with Gasteiger partial charge >= 0.3 is 12.0 Å². The Balaban J connectivity index is 2.07. The van der Waals surface area contributed by atoms with Crippen molar-refractivity contribution in [1.29, 1.82) is 0 Å². The topological polar surface area (TPSA) is 78.4 Å². The number of rotatable bonds is 3. The van der Waals surface area contributed by atoms with Crippen LogP contribution in [0.1, 0.15) is 15.2 Å². The molecule has 5 nitrogen and oxygen atoms in total. The minimum absolute atomic E-state index is 0.0525. The molecular weight excluding hydrogens is 283 g/mol. The van der Waals surface area contributed by atoms with Gasteiger partial charge in [0.05, 0.1) is 10.7 Å². The van der Waals surface area contributed by atoms with Gasteiger partial charge in [-0.3, -0.25) is 5.32 Å². The SMILES string of the molecule is Cc1cc(NC(=O)Nc2ccccc2F)sc1C(=O)O. The minimum Gasteiger partial charge on any atom is -0.477 e. The number of carbonyl (C=O) groups is 2. The summed E-state index contributed by atoms with van der Waals surface area (Å²) in [4.78, 5) is 22.7. The lowest BCUT2D eigenvalue weighted by molar-refractivity contribution is 0.0701. The van der Waals surface area contributed by atoms with Gasteiger partial charge < -0.3 is 10.4 Å². The lowest BCUT2D eigenvalue weighted by Crippen LogP contribution is -2.19. The van der Waals surface area contributed by atoms with Gasteiger partial charge in [-0.05, 0) is 30.7 Å². The van der Waals surface area contributed by atoms with Crippen molar-refractivity contribution in [3.8, 4) is 0 Å². The molecule has 0 aliphatic carbocycles. The van der Waals surface area contributed by atoms with Gasteiger partial charge in [-0.15, -0.1) is 11.3 Å². The summed E-state index contributed by atoms with van der Waals surface area (Å²) in [6.45, 7) is 1.64. The third kappa shape index (κ3) is 3.12. The molecule has 1 aromatic heterocycles. The third-order valence-corrected chi connectivity index (χ3v) is 3.61. The number of benzene rings is 1. The average Bonchev–Trinajstić information content (AvgIpc) is 2.73. The van der Waals surface area contributed by atoms with Crippen LogP contribution in [-0.4, -0.2) is 17.1 Å². The van der Waals surface area contributed by atoms with E-state index in [1.807, 2.05) is 0 Å². The summed E-state index contributed by atoms with van der Waals surface area (Å²) in [6.07, 6.45) is 0. The molecule has 104 valence electrons. The first kappa shape index (κ1) is 14.0. The average molecular weight is 294 g/mol. The first-order valence-electron chi connectivity index (χ1n) is 5.63. The molecule has 0 aliphatic heterocycles. The molecular formula is C13H11FN2O3S. The predicted octanol–water partition coefficient (Wildman–Crippen LogP) is 3.54. The molecule has 2 rings (SSSR count). The molecule has 0 unspecified atom stereocenters. The van der Waals surface area contributed by atoms with Crippen molar-refractivity contribution in [3.63, 3.8) is 0 Å². The first-order valence-corrected chi connectivity index (χ1v) is 6.45. The molecule has 0 fully saturated rings. The zero-order valence-electron chi connectivity index (χ0n) is 10.4. The summed E-state index contributed by atoms with van der Waals surface area (Å²) in [5.41, 5.74) is 0.612. The monoisotopic (exact) mass is 294 g/mol. The second-order valence-corrected chi connectivity index (χ2v) is 5.04. The molecule has 3 N–H and O–H groups in total. The number of hydrogen-bond donors (Lipinski definition) is 3. The number of aromatic carboxylic acids is 1. The van der Waals surface area contributed by atoms with Crippen LogP contribution in [0, 0.1) is 12.7 Å². The fourth-order valence-electron chi connectivity index (χ4n) is 1.58. The van der Waals surface area contributed by atoms with Gasteiger partial charge in [0.1, 0.15) is 10.7 Å². The smallest absolute Gasteiger partial charge is 0.346 e. The maximum absolute atomic E-state index is 13.3. The Labute approximate surface area is 118 Å². The normalized spacial score (nSPS) is 10.1. The maximum Gasteiger partial charge on any atom is 0.346 e. The molecule has 2 amide bonds. The maximum atomic E-state index is 13.3. The quantitative estimate of drug-likeness (QED) is 0.810. The fourth-order valence-corrected chi connectivity index (χ4v) is 2.49. The molecule has 0 radical (unpaired) electrons. The summed E-state index contributed by atoms with van der Waals surface area (Å²) < 4.78 is 13.3. The lowest BCUT2D eigenvalue weighted by Gasteiger charge is -2.06. The van der Waals surface area contributed by atoms with E-state index in [-0.39, 0.29) is 10.6 Å². The van der Waals surface area contributed by atoms with Crippen LogP contribution >= 0.6 is 11.3 Å². The Kier molecular flexibility index (Phi) is 3.99. The standard InChI is InChI=1S/C13H11FN2O3S/c1-7-6-10(20-11(7)12(17)18)16-13(19)15-9-5-3-2-4-8(9)14/h2-6H,1H3,(H,17,18)(H2,15,16,19). The van der Waals surface area contributed by atoms with Crippen LogP contribution in [0.3, 0.4) is 0 Å². The highest BCUT2D eigenvalue weighted by Crippen LogP contribution is 2.26. The van der Waals surface area contributed by atoms with E-state index in [2.05, 4.69) is 10.6 Å². The molecule has 0 saturated heterocycles. The number of aryl methyl sites for hydroxylation is 1. The summed E-state index contributed by atoms with van der Waals surface area (Å²) in [5, 5.41) is 14.1. The zero-order valence-corrected chi connectivity index (χ0v) is 11.3. The second-order valence-electron chi connectivity index (χ2n) is 3.99. The van der Waals surface area contributed by atoms with Crippen LogP contribution in [-0.2, 0) is 0 Å². The van der Waals surface area contributed by atoms with Gasteiger partial charge in [-0.25, -0.2) is 14.0 Å². The van der Waals surface area contributed by atoms with Gasteiger partial charge in [0.15, 0.2) is 0 Å². The Morgan fingerprint density at radius 2 is 1.95 bits per heavy atom. The lowest BCUT2D eigenvalue weighted by atomic mass is 10.3. The highest BCUT2D eigenvalue weighted by Gasteiger charge is 2.14. The number of urea groups is 1. The Bertz CT molecular complexity index is 669. The number of hydrogen-bond acceptors (Lipinski definition) is 3. The number of anilines is 2. The van der Waals surface area contributed by atoms with E-state index in [1.165, 1.54) is 18.2 Å². The van der Waals surface area contributed by atoms with Crippen molar-refractivity contribution in [3.05, 3.63) is 46.6 Å².